The Labute approximate surface area is 143 Å². The van der Waals surface area contributed by atoms with Crippen LogP contribution in [0.1, 0.15) is 23.3 Å². The largest absolute Gasteiger partial charge is 0.454 e. The van der Waals surface area contributed by atoms with Crippen LogP contribution < -0.4 is 14.8 Å². The van der Waals surface area contributed by atoms with Crippen molar-refractivity contribution in [3.05, 3.63) is 46.2 Å². The Morgan fingerprint density at radius 1 is 1.29 bits per heavy atom. The van der Waals surface area contributed by atoms with Gasteiger partial charge in [0.2, 0.25) is 12.7 Å². The summed E-state index contributed by atoms with van der Waals surface area (Å²) in [4.78, 5) is 18.6. The molecule has 4 rings (SSSR count). The van der Waals surface area contributed by atoms with Gasteiger partial charge < -0.3 is 19.6 Å². The van der Waals surface area contributed by atoms with Crippen LogP contribution in [0.5, 0.6) is 11.5 Å². The third-order valence-electron chi connectivity index (χ3n) is 3.89. The Morgan fingerprint density at radius 2 is 2.21 bits per heavy atom. The summed E-state index contributed by atoms with van der Waals surface area (Å²) in [5.74, 6) is 1.42. The van der Waals surface area contributed by atoms with Crippen molar-refractivity contribution < 1.29 is 19.1 Å². The standard InChI is InChI=1S/C17H16N2O4S/c20-17(18-9-13-2-1-5-24-13)8-12-7-14(19-23-12)11-3-4-15-16(6-11)22-10-21-15/h1-6,12H,7-10H2,(H,18,20). The van der Waals surface area contributed by atoms with Crippen LogP contribution >= 0.6 is 11.3 Å². The summed E-state index contributed by atoms with van der Waals surface area (Å²) in [6.45, 7) is 0.799. The molecule has 0 radical (unpaired) electrons. The predicted octanol–water partition coefficient (Wildman–Crippen LogP) is 2.68. The molecule has 1 aromatic carbocycles. The quantitative estimate of drug-likeness (QED) is 0.905. The molecule has 0 bridgehead atoms. The zero-order valence-electron chi connectivity index (χ0n) is 12.9. The summed E-state index contributed by atoms with van der Waals surface area (Å²) in [5.41, 5.74) is 1.75. The lowest BCUT2D eigenvalue weighted by atomic mass is 10.0. The van der Waals surface area contributed by atoms with E-state index < -0.39 is 0 Å². The Morgan fingerprint density at radius 3 is 3.08 bits per heavy atom. The topological polar surface area (TPSA) is 69.2 Å². The van der Waals surface area contributed by atoms with Gasteiger partial charge in [-0.3, -0.25) is 4.79 Å². The van der Waals surface area contributed by atoms with Crippen LogP contribution in [0.2, 0.25) is 0 Å². The average Bonchev–Trinajstić information content (AvgIpc) is 3.33. The van der Waals surface area contributed by atoms with E-state index in [1.54, 1.807) is 11.3 Å². The summed E-state index contributed by atoms with van der Waals surface area (Å²) < 4.78 is 10.7. The summed E-state index contributed by atoms with van der Waals surface area (Å²) in [7, 11) is 0. The number of thiophene rings is 1. The van der Waals surface area contributed by atoms with Crippen molar-refractivity contribution >= 4 is 23.0 Å². The number of hydrogen-bond acceptors (Lipinski definition) is 6. The van der Waals surface area contributed by atoms with Gasteiger partial charge >= 0.3 is 0 Å². The van der Waals surface area contributed by atoms with Crippen molar-refractivity contribution in [2.24, 2.45) is 5.16 Å². The van der Waals surface area contributed by atoms with E-state index in [4.69, 9.17) is 14.3 Å². The Balaban J connectivity index is 1.30. The molecular formula is C17H16N2O4S. The molecule has 2 aromatic rings. The van der Waals surface area contributed by atoms with Crippen molar-refractivity contribution in [2.45, 2.75) is 25.5 Å². The molecule has 0 saturated carbocycles. The summed E-state index contributed by atoms with van der Waals surface area (Å²) in [6, 6.07) is 9.65. The normalized spacial score (nSPS) is 18.2. The molecule has 1 unspecified atom stereocenters. The molecule has 1 N–H and O–H groups in total. The number of hydrogen-bond donors (Lipinski definition) is 1. The van der Waals surface area contributed by atoms with Gasteiger partial charge in [-0.1, -0.05) is 11.2 Å². The van der Waals surface area contributed by atoms with Gasteiger partial charge in [0.25, 0.3) is 0 Å². The molecule has 7 heteroatoms. The van der Waals surface area contributed by atoms with Crippen molar-refractivity contribution in [1.29, 1.82) is 0 Å². The molecule has 1 amide bonds. The van der Waals surface area contributed by atoms with Crippen LogP contribution in [0.25, 0.3) is 0 Å². The number of amides is 1. The average molecular weight is 344 g/mol. The number of carbonyl (C=O) groups excluding carboxylic acids is 1. The van der Waals surface area contributed by atoms with E-state index in [1.165, 1.54) is 0 Å². The zero-order chi connectivity index (χ0) is 16.4. The Hall–Kier alpha value is -2.54. The molecule has 124 valence electrons. The van der Waals surface area contributed by atoms with Crippen LogP contribution in [-0.2, 0) is 16.2 Å². The first-order valence-corrected chi connectivity index (χ1v) is 8.58. The molecule has 0 fully saturated rings. The highest BCUT2D eigenvalue weighted by Gasteiger charge is 2.26. The smallest absolute Gasteiger partial charge is 0.231 e. The second kappa shape index (κ2) is 6.52. The van der Waals surface area contributed by atoms with Gasteiger partial charge in [0, 0.05) is 16.9 Å². The Bertz CT molecular complexity index is 773. The molecular weight excluding hydrogens is 328 g/mol. The number of oxime groups is 1. The van der Waals surface area contributed by atoms with E-state index in [9.17, 15) is 4.79 Å². The first-order chi connectivity index (χ1) is 11.8. The molecule has 1 atom stereocenters. The van der Waals surface area contributed by atoms with Gasteiger partial charge in [-0.15, -0.1) is 11.3 Å². The maximum Gasteiger partial charge on any atom is 0.231 e. The minimum absolute atomic E-state index is 0.0319. The van der Waals surface area contributed by atoms with Crippen LogP contribution in [0.15, 0.2) is 40.9 Å². The van der Waals surface area contributed by atoms with Crippen LogP contribution in [0.3, 0.4) is 0 Å². The molecule has 0 spiro atoms. The third kappa shape index (κ3) is 3.21. The number of benzene rings is 1. The number of nitrogens with one attached hydrogen (secondary N) is 1. The highest BCUT2D eigenvalue weighted by atomic mass is 32.1. The van der Waals surface area contributed by atoms with Crippen LogP contribution in [0, 0.1) is 0 Å². The number of carbonyl (C=O) groups is 1. The highest BCUT2D eigenvalue weighted by molar-refractivity contribution is 7.09. The fourth-order valence-corrected chi connectivity index (χ4v) is 3.31. The fourth-order valence-electron chi connectivity index (χ4n) is 2.66. The summed E-state index contributed by atoms with van der Waals surface area (Å²) in [6.07, 6.45) is 0.670. The highest BCUT2D eigenvalue weighted by Crippen LogP contribution is 2.33. The van der Waals surface area contributed by atoms with E-state index in [-0.39, 0.29) is 18.8 Å². The van der Waals surface area contributed by atoms with Crippen LogP contribution in [-0.4, -0.2) is 24.5 Å². The number of rotatable bonds is 5. The lowest BCUT2D eigenvalue weighted by Gasteiger charge is -2.08. The maximum atomic E-state index is 12.0. The van der Waals surface area contributed by atoms with Gasteiger partial charge in [-0.05, 0) is 29.6 Å². The predicted molar refractivity (Wildman–Crippen MR) is 89.4 cm³/mol. The van der Waals surface area contributed by atoms with Crippen molar-refractivity contribution in [2.75, 3.05) is 6.79 Å². The molecule has 2 aliphatic heterocycles. The number of fused-ring (bicyclic) bond motifs is 1. The van der Waals surface area contributed by atoms with E-state index in [2.05, 4.69) is 10.5 Å². The van der Waals surface area contributed by atoms with Gasteiger partial charge in [0.15, 0.2) is 11.5 Å². The zero-order valence-corrected chi connectivity index (χ0v) is 13.7. The maximum absolute atomic E-state index is 12.0. The lowest BCUT2D eigenvalue weighted by molar-refractivity contribution is -0.123. The van der Waals surface area contributed by atoms with E-state index in [0.29, 0.717) is 25.1 Å². The van der Waals surface area contributed by atoms with E-state index in [1.807, 2.05) is 35.7 Å². The monoisotopic (exact) mass is 344 g/mol. The van der Waals surface area contributed by atoms with Crippen molar-refractivity contribution in [3.8, 4) is 11.5 Å². The van der Waals surface area contributed by atoms with Crippen molar-refractivity contribution in [1.82, 2.24) is 5.32 Å². The summed E-state index contributed by atoms with van der Waals surface area (Å²) >= 11 is 1.62. The molecule has 0 saturated heterocycles. The Kier molecular flexibility index (Phi) is 4.08. The number of ether oxygens (including phenoxy) is 2. The number of nitrogens with zero attached hydrogens (tertiary/aromatic N) is 1. The SMILES string of the molecule is O=C(CC1CC(c2ccc3c(c2)OCO3)=NO1)NCc1cccs1. The molecule has 3 heterocycles. The van der Waals surface area contributed by atoms with Gasteiger partial charge in [0.1, 0.15) is 6.10 Å². The third-order valence-corrected chi connectivity index (χ3v) is 4.77. The minimum Gasteiger partial charge on any atom is -0.454 e. The first-order valence-electron chi connectivity index (χ1n) is 7.70. The molecule has 2 aliphatic rings. The second-order valence-corrected chi connectivity index (χ2v) is 6.63. The van der Waals surface area contributed by atoms with Gasteiger partial charge in [-0.25, -0.2) is 0 Å². The molecule has 6 nitrogen and oxygen atoms in total. The summed E-state index contributed by atoms with van der Waals surface area (Å²) in [5, 5.41) is 9.02. The molecule has 1 aromatic heterocycles. The van der Waals surface area contributed by atoms with Gasteiger partial charge in [0.05, 0.1) is 18.7 Å². The van der Waals surface area contributed by atoms with Gasteiger partial charge in [-0.2, -0.15) is 0 Å². The second-order valence-electron chi connectivity index (χ2n) is 5.60. The van der Waals surface area contributed by atoms with E-state index in [0.717, 1.165) is 21.9 Å². The minimum atomic E-state index is -0.228. The fraction of sp³-hybridized carbons (Fsp3) is 0.294. The molecule has 24 heavy (non-hydrogen) atoms. The lowest BCUT2D eigenvalue weighted by Crippen LogP contribution is -2.26. The molecule has 0 aliphatic carbocycles. The first kappa shape index (κ1) is 15.0. The van der Waals surface area contributed by atoms with E-state index >= 15 is 0 Å². The van der Waals surface area contributed by atoms with Crippen molar-refractivity contribution in [3.63, 3.8) is 0 Å². The van der Waals surface area contributed by atoms with Crippen LogP contribution in [0.4, 0.5) is 0 Å².